The Morgan fingerprint density at radius 3 is 2.62 bits per heavy atom. The van der Waals surface area contributed by atoms with Gasteiger partial charge in [0.2, 0.25) is 5.95 Å². The lowest BCUT2D eigenvalue weighted by molar-refractivity contribution is -0.0231. The molecule has 2 aromatic rings. The quantitative estimate of drug-likeness (QED) is 0.743. The van der Waals surface area contributed by atoms with Crippen molar-refractivity contribution in [2.24, 2.45) is 11.8 Å². The van der Waals surface area contributed by atoms with Crippen molar-refractivity contribution in [3.63, 3.8) is 0 Å². The molecule has 2 fully saturated rings. The average molecular weight is 400 g/mol. The fraction of sp³-hybridized carbons (Fsp3) is 0.571. The molecule has 1 aliphatic carbocycles. The average Bonchev–Trinajstić information content (AvgIpc) is 3.35. The van der Waals surface area contributed by atoms with Crippen molar-refractivity contribution in [3.8, 4) is 5.75 Å². The summed E-state index contributed by atoms with van der Waals surface area (Å²) in [5, 5.41) is 15.0. The molecule has 1 aromatic heterocycles. The molecule has 29 heavy (non-hydrogen) atoms. The van der Waals surface area contributed by atoms with Crippen molar-refractivity contribution in [2.75, 3.05) is 25.1 Å². The summed E-state index contributed by atoms with van der Waals surface area (Å²) in [6.45, 7) is 4.79. The van der Waals surface area contributed by atoms with Crippen LogP contribution in [-0.4, -0.2) is 58.2 Å². The largest absolute Gasteiger partial charge is 0.488 e. The van der Waals surface area contributed by atoms with Crippen molar-refractivity contribution in [1.29, 1.82) is 0 Å². The molecular weight excluding hydrogens is 372 g/mol. The number of carbonyl (C=O) groups excluding carboxylic acids is 1. The summed E-state index contributed by atoms with van der Waals surface area (Å²) in [4.78, 5) is 18.3. The molecule has 0 unspecified atom stereocenters. The fourth-order valence-electron chi connectivity index (χ4n) is 4.51. The van der Waals surface area contributed by atoms with E-state index in [1.165, 1.54) is 7.11 Å². The molecule has 4 rings (SSSR count). The van der Waals surface area contributed by atoms with Crippen molar-refractivity contribution in [1.82, 2.24) is 14.8 Å². The lowest BCUT2D eigenvalue weighted by Crippen LogP contribution is -2.42. The third-order valence-corrected chi connectivity index (χ3v) is 5.96. The highest BCUT2D eigenvalue weighted by Gasteiger charge is 2.43. The van der Waals surface area contributed by atoms with Crippen LogP contribution in [0, 0.1) is 11.8 Å². The predicted molar refractivity (Wildman–Crippen MR) is 107 cm³/mol. The first kappa shape index (κ1) is 19.7. The third kappa shape index (κ3) is 4.07. The van der Waals surface area contributed by atoms with E-state index in [1.54, 1.807) is 30.6 Å². The second kappa shape index (κ2) is 8.41. The molecule has 0 spiro atoms. The first-order chi connectivity index (χ1) is 14.1. The number of aliphatic hydroxyl groups excluding tert-OH is 1. The van der Waals surface area contributed by atoms with Gasteiger partial charge < -0.3 is 19.5 Å². The van der Waals surface area contributed by atoms with Gasteiger partial charge in [0.1, 0.15) is 18.2 Å². The van der Waals surface area contributed by atoms with Crippen LogP contribution in [0.3, 0.4) is 0 Å². The van der Waals surface area contributed by atoms with Gasteiger partial charge in [-0.1, -0.05) is 6.92 Å². The van der Waals surface area contributed by atoms with Gasteiger partial charge in [0.05, 0.1) is 18.8 Å². The number of hydrogen-bond donors (Lipinski definition) is 1. The molecular formula is C21H28N4O4. The molecule has 2 aliphatic rings. The lowest BCUT2D eigenvalue weighted by atomic mass is 9.78. The Bertz CT molecular complexity index is 837. The monoisotopic (exact) mass is 400 g/mol. The Balaban J connectivity index is 1.40. The van der Waals surface area contributed by atoms with E-state index in [2.05, 4.69) is 21.9 Å². The van der Waals surface area contributed by atoms with E-state index >= 15 is 0 Å². The molecule has 0 bridgehead atoms. The molecule has 1 saturated heterocycles. The Morgan fingerprint density at radius 2 is 1.93 bits per heavy atom. The van der Waals surface area contributed by atoms with Crippen LogP contribution in [0.1, 0.15) is 36.5 Å². The number of benzene rings is 1. The maximum absolute atomic E-state index is 11.6. The maximum atomic E-state index is 11.6. The minimum absolute atomic E-state index is 0.256. The van der Waals surface area contributed by atoms with Gasteiger partial charge in [-0.3, -0.25) is 0 Å². The number of aromatic nitrogens is 3. The zero-order chi connectivity index (χ0) is 20.4. The van der Waals surface area contributed by atoms with E-state index in [4.69, 9.17) is 9.47 Å². The van der Waals surface area contributed by atoms with Crippen LogP contribution >= 0.6 is 0 Å². The van der Waals surface area contributed by atoms with Gasteiger partial charge in [-0.2, -0.15) is 10.1 Å². The van der Waals surface area contributed by atoms with Crippen molar-refractivity contribution >= 4 is 11.9 Å². The Hall–Kier alpha value is -2.61. The van der Waals surface area contributed by atoms with E-state index < -0.39 is 6.10 Å². The van der Waals surface area contributed by atoms with Crippen LogP contribution in [0.5, 0.6) is 5.75 Å². The van der Waals surface area contributed by atoms with Gasteiger partial charge in [-0.05, 0) is 55.4 Å². The van der Waals surface area contributed by atoms with Crippen LogP contribution in [0.2, 0.25) is 0 Å². The molecule has 1 aliphatic heterocycles. The number of carbonyl (C=O) groups is 1. The molecule has 0 amide bonds. The first-order valence-corrected chi connectivity index (χ1v) is 10.2. The van der Waals surface area contributed by atoms with Gasteiger partial charge in [0, 0.05) is 19.6 Å². The lowest BCUT2D eigenvalue weighted by Gasteiger charge is -2.35. The number of nitrogens with zero attached hydrogens (tertiary/aromatic N) is 4. The van der Waals surface area contributed by atoms with Crippen LogP contribution in [0.4, 0.5) is 5.95 Å². The molecule has 8 heteroatoms. The second-order valence-corrected chi connectivity index (χ2v) is 7.92. The normalized spacial score (nSPS) is 26.2. The number of hydrogen-bond acceptors (Lipinski definition) is 7. The highest BCUT2D eigenvalue weighted by Crippen LogP contribution is 2.39. The summed E-state index contributed by atoms with van der Waals surface area (Å²) in [6, 6.07) is 6.85. The van der Waals surface area contributed by atoms with Crippen LogP contribution < -0.4 is 9.64 Å². The van der Waals surface area contributed by atoms with E-state index in [9.17, 15) is 9.90 Å². The number of esters is 1. The van der Waals surface area contributed by atoms with Gasteiger partial charge >= 0.3 is 5.97 Å². The fourth-order valence-corrected chi connectivity index (χ4v) is 4.51. The SMILES string of the molecule is CCCn1ncnc1N1C[C@H]2C[C@@H](Oc3ccc(C(=O)OC)cc3)[C@H](O)C[C@H]2C1. The first-order valence-electron chi connectivity index (χ1n) is 10.2. The van der Waals surface area contributed by atoms with Gasteiger partial charge in [-0.15, -0.1) is 0 Å². The number of rotatable bonds is 6. The molecule has 2 heterocycles. The summed E-state index contributed by atoms with van der Waals surface area (Å²) >= 11 is 0. The van der Waals surface area contributed by atoms with Crippen molar-refractivity contribution in [2.45, 2.75) is 44.9 Å². The molecule has 1 N–H and O–H groups in total. The molecule has 1 saturated carbocycles. The van der Waals surface area contributed by atoms with Crippen molar-refractivity contribution in [3.05, 3.63) is 36.2 Å². The molecule has 156 valence electrons. The van der Waals surface area contributed by atoms with E-state index in [-0.39, 0.29) is 12.1 Å². The summed E-state index contributed by atoms with van der Waals surface area (Å²) in [7, 11) is 1.36. The number of anilines is 1. The van der Waals surface area contributed by atoms with Crippen LogP contribution in [0.15, 0.2) is 30.6 Å². The summed E-state index contributed by atoms with van der Waals surface area (Å²) in [6.07, 6.45) is 3.38. The van der Waals surface area contributed by atoms with E-state index in [0.29, 0.717) is 29.6 Å². The number of ether oxygens (including phenoxy) is 2. The third-order valence-electron chi connectivity index (χ3n) is 5.96. The highest BCUT2D eigenvalue weighted by molar-refractivity contribution is 5.89. The number of methoxy groups -OCH3 is 1. The zero-order valence-corrected chi connectivity index (χ0v) is 16.9. The Labute approximate surface area is 170 Å². The number of fused-ring (bicyclic) bond motifs is 1. The Kier molecular flexibility index (Phi) is 5.71. The van der Waals surface area contributed by atoms with Crippen molar-refractivity contribution < 1.29 is 19.4 Å². The van der Waals surface area contributed by atoms with E-state index in [0.717, 1.165) is 38.4 Å². The van der Waals surface area contributed by atoms with E-state index in [1.807, 2.05) is 4.68 Å². The summed E-state index contributed by atoms with van der Waals surface area (Å²) in [5.41, 5.74) is 0.478. The standard InChI is InChI=1S/C21H28N4O4/c1-3-8-25-21(22-13-23-25)24-11-15-9-18(26)19(10-16(15)12-24)29-17-6-4-14(5-7-17)20(27)28-2/h4-7,13,15-16,18-19,26H,3,8-12H2,1-2H3/t15-,16+,18+,19+/m0/s1. The highest BCUT2D eigenvalue weighted by atomic mass is 16.5. The van der Waals surface area contributed by atoms with Crippen LogP contribution in [0.25, 0.3) is 0 Å². The Morgan fingerprint density at radius 1 is 1.21 bits per heavy atom. The topological polar surface area (TPSA) is 89.7 Å². The smallest absolute Gasteiger partial charge is 0.337 e. The maximum Gasteiger partial charge on any atom is 0.337 e. The van der Waals surface area contributed by atoms with Crippen LogP contribution in [-0.2, 0) is 11.3 Å². The predicted octanol–water partition coefficient (Wildman–Crippen LogP) is 2.13. The molecule has 1 aromatic carbocycles. The van der Waals surface area contributed by atoms with Gasteiger partial charge in [0.25, 0.3) is 0 Å². The summed E-state index contributed by atoms with van der Waals surface area (Å²) in [5.74, 6) is 2.08. The zero-order valence-electron chi connectivity index (χ0n) is 16.9. The minimum Gasteiger partial charge on any atom is -0.488 e. The minimum atomic E-state index is -0.509. The molecule has 4 atom stereocenters. The number of aryl methyl sites for hydroxylation is 1. The molecule has 8 nitrogen and oxygen atoms in total. The number of aliphatic hydroxyl groups is 1. The van der Waals surface area contributed by atoms with Gasteiger partial charge in [0.15, 0.2) is 0 Å². The summed E-state index contributed by atoms with van der Waals surface area (Å²) < 4.78 is 12.8. The molecule has 0 radical (unpaired) electrons. The van der Waals surface area contributed by atoms with Gasteiger partial charge in [-0.25, -0.2) is 9.48 Å². The second-order valence-electron chi connectivity index (χ2n) is 7.92.